The SMILES string of the molecule is CC(=O)Nc1ccc(-c2ccnc(Nc3cccc(C(=O)N(C)CCN(C)C)c3)n2)cc1. The number of carbonyl (C=O) groups excluding carboxylic acids is 2. The predicted octanol–water partition coefficient (Wildman–Crippen LogP) is 3.48. The number of carbonyl (C=O) groups is 2. The molecule has 0 saturated carbocycles. The molecule has 0 bridgehead atoms. The van der Waals surface area contributed by atoms with Gasteiger partial charge in [-0.2, -0.15) is 0 Å². The monoisotopic (exact) mass is 432 g/mol. The summed E-state index contributed by atoms with van der Waals surface area (Å²) in [4.78, 5) is 36.5. The highest BCUT2D eigenvalue weighted by Crippen LogP contribution is 2.22. The third kappa shape index (κ3) is 6.36. The zero-order valence-corrected chi connectivity index (χ0v) is 18.8. The fourth-order valence-corrected chi connectivity index (χ4v) is 3.04. The van der Waals surface area contributed by atoms with Crippen molar-refractivity contribution >= 4 is 29.1 Å². The molecule has 0 saturated heterocycles. The summed E-state index contributed by atoms with van der Waals surface area (Å²) in [7, 11) is 5.76. The van der Waals surface area contributed by atoms with Gasteiger partial charge in [0.1, 0.15) is 0 Å². The highest BCUT2D eigenvalue weighted by molar-refractivity contribution is 5.95. The molecule has 0 atom stereocenters. The summed E-state index contributed by atoms with van der Waals surface area (Å²) in [6.07, 6.45) is 1.68. The molecule has 0 aliphatic rings. The number of amides is 2. The number of aromatic nitrogens is 2. The van der Waals surface area contributed by atoms with Gasteiger partial charge in [-0.25, -0.2) is 9.97 Å². The largest absolute Gasteiger partial charge is 0.340 e. The van der Waals surface area contributed by atoms with Gasteiger partial charge in [0.15, 0.2) is 0 Å². The van der Waals surface area contributed by atoms with E-state index in [0.717, 1.165) is 29.2 Å². The number of likely N-dealkylation sites (N-methyl/N-ethyl adjacent to an activating group) is 2. The van der Waals surface area contributed by atoms with Crippen LogP contribution in [0.15, 0.2) is 60.8 Å². The minimum atomic E-state index is -0.115. The molecule has 3 aromatic rings. The van der Waals surface area contributed by atoms with Crippen LogP contribution in [0.25, 0.3) is 11.3 Å². The Morgan fingerprint density at radius 1 is 0.938 bits per heavy atom. The zero-order chi connectivity index (χ0) is 23.1. The van der Waals surface area contributed by atoms with E-state index in [2.05, 4.69) is 20.6 Å². The lowest BCUT2D eigenvalue weighted by Gasteiger charge is -2.20. The van der Waals surface area contributed by atoms with E-state index in [1.54, 1.807) is 30.3 Å². The van der Waals surface area contributed by atoms with E-state index in [1.165, 1.54) is 6.92 Å². The number of hydrogen-bond donors (Lipinski definition) is 2. The maximum atomic E-state index is 12.7. The normalized spacial score (nSPS) is 10.7. The van der Waals surface area contributed by atoms with E-state index in [-0.39, 0.29) is 11.8 Å². The number of rotatable bonds is 8. The van der Waals surface area contributed by atoms with Gasteiger partial charge >= 0.3 is 0 Å². The van der Waals surface area contributed by atoms with Crippen molar-refractivity contribution in [3.05, 3.63) is 66.4 Å². The van der Waals surface area contributed by atoms with Crippen LogP contribution in [0.4, 0.5) is 17.3 Å². The summed E-state index contributed by atoms with van der Waals surface area (Å²) in [5, 5.41) is 5.92. The van der Waals surface area contributed by atoms with Gasteiger partial charge in [0.25, 0.3) is 5.91 Å². The first kappa shape index (κ1) is 22.9. The quantitative estimate of drug-likeness (QED) is 0.566. The number of hydrogen-bond acceptors (Lipinski definition) is 6. The lowest BCUT2D eigenvalue weighted by Crippen LogP contribution is -2.33. The molecule has 2 N–H and O–H groups in total. The Morgan fingerprint density at radius 3 is 2.38 bits per heavy atom. The molecular formula is C24H28N6O2. The molecule has 1 aromatic heterocycles. The van der Waals surface area contributed by atoms with Crippen LogP contribution in [0.3, 0.4) is 0 Å². The van der Waals surface area contributed by atoms with Crippen LogP contribution in [0.1, 0.15) is 17.3 Å². The Morgan fingerprint density at radius 2 is 1.69 bits per heavy atom. The molecule has 0 aliphatic carbocycles. The van der Waals surface area contributed by atoms with E-state index in [9.17, 15) is 9.59 Å². The van der Waals surface area contributed by atoms with E-state index in [1.807, 2.05) is 61.5 Å². The third-order valence-electron chi connectivity index (χ3n) is 4.75. The van der Waals surface area contributed by atoms with E-state index >= 15 is 0 Å². The molecular weight excluding hydrogens is 404 g/mol. The first-order valence-corrected chi connectivity index (χ1v) is 10.3. The molecule has 3 rings (SSSR count). The summed E-state index contributed by atoms with van der Waals surface area (Å²) in [5.74, 6) is 0.277. The molecule has 0 unspecified atom stereocenters. The van der Waals surface area contributed by atoms with Crippen molar-refractivity contribution < 1.29 is 9.59 Å². The summed E-state index contributed by atoms with van der Waals surface area (Å²) in [6, 6.07) is 16.6. The van der Waals surface area contributed by atoms with E-state index < -0.39 is 0 Å². The van der Waals surface area contributed by atoms with Crippen molar-refractivity contribution in [3.63, 3.8) is 0 Å². The van der Waals surface area contributed by atoms with Gasteiger partial charge in [-0.1, -0.05) is 18.2 Å². The van der Waals surface area contributed by atoms with E-state index in [4.69, 9.17) is 0 Å². The van der Waals surface area contributed by atoms with Gasteiger partial charge in [0, 0.05) is 55.8 Å². The second-order valence-corrected chi connectivity index (χ2v) is 7.76. The molecule has 8 nitrogen and oxygen atoms in total. The minimum absolute atomic E-state index is 0.0376. The fraction of sp³-hybridized carbons (Fsp3) is 0.250. The van der Waals surface area contributed by atoms with Crippen LogP contribution in [-0.4, -0.2) is 65.8 Å². The number of nitrogens with zero attached hydrogens (tertiary/aromatic N) is 4. The molecule has 0 spiro atoms. The standard InChI is InChI=1S/C24H28N6O2/c1-17(31)26-20-10-8-18(9-11-20)22-12-13-25-24(28-22)27-21-7-5-6-19(16-21)23(32)30(4)15-14-29(2)3/h5-13,16H,14-15H2,1-4H3,(H,26,31)(H,25,27,28). The minimum Gasteiger partial charge on any atom is -0.340 e. The molecule has 0 fully saturated rings. The average molecular weight is 433 g/mol. The topological polar surface area (TPSA) is 90.5 Å². The lowest BCUT2D eigenvalue weighted by atomic mass is 10.1. The molecule has 2 amide bonds. The predicted molar refractivity (Wildman–Crippen MR) is 127 cm³/mol. The maximum Gasteiger partial charge on any atom is 0.253 e. The van der Waals surface area contributed by atoms with Crippen LogP contribution in [0.5, 0.6) is 0 Å². The summed E-state index contributed by atoms with van der Waals surface area (Å²) < 4.78 is 0. The lowest BCUT2D eigenvalue weighted by molar-refractivity contribution is -0.114. The van der Waals surface area contributed by atoms with Gasteiger partial charge in [-0.15, -0.1) is 0 Å². The second kappa shape index (κ2) is 10.5. The first-order chi connectivity index (χ1) is 15.3. The van der Waals surface area contributed by atoms with Gasteiger partial charge in [-0.3, -0.25) is 9.59 Å². The van der Waals surface area contributed by atoms with Crippen molar-refractivity contribution in [2.75, 3.05) is 44.9 Å². The summed E-state index contributed by atoms with van der Waals surface area (Å²) in [6.45, 7) is 2.92. The Bertz CT molecular complexity index is 1080. The van der Waals surface area contributed by atoms with Crippen molar-refractivity contribution in [2.45, 2.75) is 6.92 Å². The van der Waals surface area contributed by atoms with E-state index in [0.29, 0.717) is 18.1 Å². The van der Waals surface area contributed by atoms with Gasteiger partial charge in [0.05, 0.1) is 5.69 Å². The van der Waals surface area contributed by atoms with Crippen LogP contribution >= 0.6 is 0 Å². The number of benzene rings is 2. The third-order valence-corrected chi connectivity index (χ3v) is 4.75. The second-order valence-electron chi connectivity index (χ2n) is 7.76. The van der Waals surface area contributed by atoms with Crippen molar-refractivity contribution in [3.8, 4) is 11.3 Å². The zero-order valence-electron chi connectivity index (χ0n) is 18.8. The fourth-order valence-electron chi connectivity index (χ4n) is 3.04. The van der Waals surface area contributed by atoms with Crippen LogP contribution in [0, 0.1) is 0 Å². The summed E-state index contributed by atoms with van der Waals surface area (Å²) in [5.41, 5.74) is 3.70. The summed E-state index contributed by atoms with van der Waals surface area (Å²) >= 11 is 0. The van der Waals surface area contributed by atoms with Crippen LogP contribution < -0.4 is 10.6 Å². The number of nitrogens with one attached hydrogen (secondary N) is 2. The smallest absolute Gasteiger partial charge is 0.253 e. The molecule has 166 valence electrons. The Kier molecular flexibility index (Phi) is 7.51. The van der Waals surface area contributed by atoms with Gasteiger partial charge in [-0.05, 0) is 50.5 Å². The first-order valence-electron chi connectivity index (χ1n) is 10.3. The van der Waals surface area contributed by atoms with Crippen LogP contribution in [-0.2, 0) is 4.79 Å². The molecule has 8 heteroatoms. The highest BCUT2D eigenvalue weighted by Gasteiger charge is 2.12. The van der Waals surface area contributed by atoms with Gasteiger partial charge in [0.2, 0.25) is 11.9 Å². The van der Waals surface area contributed by atoms with Crippen molar-refractivity contribution in [1.82, 2.24) is 19.8 Å². The molecule has 32 heavy (non-hydrogen) atoms. The molecule has 2 aromatic carbocycles. The molecule has 0 radical (unpaired) electrons. The Hall–Kier alpha value is -3.78. The number of anilines is 3. The van der Waals surface area contributed by atoms with Crippen LogP contribution in [0.2, 0.25) is 0 Å². The molecule has 1 heterocycles. The molecule has 0 aliphatic heterocycles. The Labute approximate surface area is 188 Å². The highest BCUT2D eigenvalue weighted by atomic mass is 16.2. The average Bonchev–Trinajstić information content (AvgIpc) is 2.77. The van der Waals surface area contributed by atoms with Crippen molar-refractivity contribution in [1.29, 1.82) is 0 Å². The maximum absolute atomic E-state index is 12.7. The Balaban J connectivity index is 1.72. The van der Waals surface area contributed by atoms with Crippen molar-refractivity contribution in [2.24, 2.45) is 0 Å². The van der Waals surface area contributed by atoms with Gasteiger partial charge < -0.3 is 20.4 Å².